The number of nitrogens with one attached hydrogen (secondary N) is 1. The van der Waals surface area contributed by atoms with Crippen molar-refractivity contribution in [2.24, 2.45) is 7.05 Å². The topological polar surface area (TPSA) is 80.4 Å². The van der Waals surface area contributed by atoms with Crippen molar-refractivity contribution >= 4 is 23.2 Å². The van der Waals surface area contributed by atoms with Crippen molar-refractivity contribution in [3.8, 4) is 11.1 Å². The minimum Gasteiger partial charge on any atom is -0.392 e. The summed E-state index contributed by atoms with van der Waals surface area (Å²) in [6, 6.07) is 8.66. The van der Waals surface area contributed by atoms with Crippen molar-refractivity contribution in [2.75, 3.05) is 19.0 Å². The summed E-state index contributed by atoms with van der Waals surface area (Å²) in [6.07, 6.45) is 5.52. The summed E-state index contributed by atoms with van der Waals surface area (Å²) in [7, 11) is 3.55. The Bertz CT molecular complexity index is 1420. The van der Waals surface area contributed by atoms with Crippen LogP contribution in [-0.4, -0.2) is 49.1 Å². The summed E-state index contributed by atoms with van der Waals surface area (Å²) in [5.74, 6) is 1.24. The van der Waals surface area contributed by atoms with Gasteiger partial charge in [0.25, 0.3) is 0 Å². The average Bonchev–Trinajstić information content (AvgIpc) is 3.46. The molecular weight excluding hydrogens is 495 g/mol. The van der Waals surface area contributed by atoms with E-state index < -0.39 is 0 Å². The number of nitrogens with zero attached hydrogens (tertiary/aromatic N) is 5. The first-order valence-corrected chi connectivity index (χ1v) is 12.5. The molecule has 3 aromatic heterocycles. The molecule has 1 aromatic carbocycles. The number of aliphatic hydroxyl groups is 1. The molecule has 4 heterocycles. The van der Waals surface area contributed by atoms with Gasteiger partial charge < -0.3 is 19.7 Å². The highest BCUT2D eigenvalue weighted by molar-refractivity contribution is 6.33. The molecular formula is C27H30ClFN6O2. The van der Waals surface area contributed by atoms with Crippen LogP contribution in [0.5, 0.6) is 0 Å². The van der Waals surface area contributed by atoms with E-state index in [4.69, 9.17) is 16.3 Å². The molecule has 0 radical (unpaired) electrons. The van der Waals surface area contributed by atoms with E-state index in [-0.39, 0.29) is 18.5 Å². The van der Waals surface area contributed by atoms with Crippen molar-refractivity contribution in [3.05, 3.63) is 82.1 Å². The van der Waals surface area contributed by atoms with E-state index in [0.29, 0.717) is 30.5 Å². The van der Waals surface area contributed by atoms with Crippen molar-refractivity contribution in [2.45, 2.75) is 39.2 Å². The number of pyridine rings is 1. The van der Waals surface area contributed by atoms with Gasteiger partial charge in [0.2, 0.25) is 0 Å². The lowest BCUT2D eigenvalue weighted by Crippen LogP contribution is -2.44. The number of aryl methyl sites for hydroxylation is 1. The summed E-state index contributed by atoms with van der Waals surface area (Å²) in [6.45, 7) is 4.28. The maximum atomic E-state index is 14.0. The zero-order chi connectivity index (χ0) is 26.1. The number of aliphatic hydroxyl groups excluding tert-OH is 1. The molecule has 10 heteroatoms. The second-order valence-electron chi connectivity index (χ2n) is 9.38. The van der Waals surface area contributed by atoms with Crippen LogP contribution in [0.15, 0.2) is 48.9 Å². The fraction of sp³-hybridized carbons (Fsp3) is 0.333. The molecule has 0 aliphatic carbocycles. The van der Waals surface area contributed by atoms with Crippen LogP contribution in [0.4, 0.5) is 16.0 Å². The lowest BCUT2D eigenvalue weighted by atomic mass is 10.0. The van der Waals surface area contributed by atoms with Crippen LogP contribution >= 0.6 is 11.6 Å². The molecule has 5 rings (SSSR count). The summed E-state index contributed by atoms with van der Waals surface area (Å²) in [5, 5.41) is 17.9. The van der Waals surface area contributed by atoms with Gasteiger partial charge >= 0.3 is 0 Å². The number of methoxy groups -OCH3 is 1. The molecule has 0 saturated carbocycles. The third-order valence-corrected chi connectivity index (χ3v) is 7.26. The second kappa shape index (κ2) is 10.6. The number of hydrogen-bond acceptors (Lipinski definition) is 6. The Balaban J connectivity index is 1.46. The monoisotopic (exact) mass is 524 g/mol. The lowest BCUT2D eigenvalue weighted by Gasteiger charge is -2.36. The number of aromatic nitrogens is 4. The molecule has 37 heavy (non-hydrogen) atoms. The first kappa shape index (κ1) is 25.4. The molecule has 4 aromatic rings. The van der Waals surface area contributed by atoms with Gasteiger partial charge in [0, 0.05) is 74.6 Å². The molecule has 0 unspecified atom stereocenters. The van der Waals surface area contributed by atoms with E-state index in [2.05, 4.69) is 37.1 Å². The molecule has 0 saturated heterocycles. The molecule has 1 atom stereocenters. The van der Waals surface area contributed by atoms with Crippen LogP contribution in [0.2, 0.25) is 5.02 Å². The van der Waals surface area contributed by atoms with Gasteiger partial charge in [-0.05, 0) is 36.2 Å². The van der Waals surface area contributed by atoms with Gasteiger partial charge in [-0.3, -0.25) is 9.58 Å². The maximum Gasteiger partial charge on any atom is 0.135 e. The standard InChI is InChI=1S/C27H30ClFN6O2/c1-17-26(24(28)10-30-27(17)32-25-6-7-31-33(25)2)20-9-22-13-35(23(16-37-3)14-34(22)12-20)11-19-8-21(29)5-4-18(19)15-36/h4-10,12,23,36H,11,13-16H2,1-3H3,(H,30,32)/t23-/m1/s1. The highest BCUT2D eigenvalue weighted by Gasteiger charge is 2.28. The van der Waals surface area contributed by atoms with Crippen LogP contribution in [0.25, 0.3) is 11.1 Å². The Morgan fingerprint density at radius 1 is 1.24 bits per heavy atom. The normalized spacial score (nSPS) is 15.7. The van der Waals surface area contributed by atoms with Gasteiger partial charge in [-0.1, -0.05) is 17.7 Å². The molecule has 1 aliphatic heterocycles. The fourth-order valence-corrected chi connectivity index (χ4v) is 5.30. The quantitative estimate of drug-likeness (QED) is 0.349. The van der Waals surface area contributed by atoms with Crippen LogP contribution in [0.1, 0.15) is 22.4 Å². The summed E-state index contributed by atoms with van der Waals surface area (Å²) >= 11 is 6.67. The van der Waals surface area contributed by atoms with E-state index in [1.807, 2.05) is 20.0 Å². The number of rotatable bonds is 8. The Hall–Kier alpha value is -3.24. The second-order valence-corrected chi connectivity index (χ2v) is 9.78. The van der Waals surface area contributed by atoms with Gasteiger partial charge in [-0.15, -0.1) is 0 Å². The third-order valence-electron chi connectivity index (χ3n) is 6.98. The van der Waals surface area contributed by atoms with Gasteiger partial charge in [-0.2, -0.15) is 5.10 Å². The van der Waals surface area contributed by atoms with E-state index in [1.165, 1.54) is 12.1 Å². The number of ether oxygens (including phenoxy) is 1. The van der Waals surface area contributed by atoms with Crippen molar-refractivity contribution < 1.29 is 14.2 Å². The Labute approximate surface area is 220 Å². The first-order chi connectivity index (χ1) is 17.9. The highest BCUT2D eigenvalue weighted by atomic mass is 35.5. The van der Waals surface area contributed by atoms with E-state index in [1.54, 1.807) is 30.3 Å². The van der Waals surface area contributed by atoms with Crippen molar-refractivity contribution in [1.29, 1.82) is 0 Å². The lowest BCUT2D eigenvalue weighted by molar-refractivity contribution is 0.0536. The SMILES string of the molecule is COC[C@H]1Cn2cc(-c3c(Cl)cnc(Nc4ccnn4C)c3C)cc2CN1Cc1cc(F)ccc1CO. The zero-order valence-corrected chi connectivity index (χ0v) is 21.8. The Kier molecular flexibility index (Phi) is 7.30. The fourth-order valence-electron chi connectivity index (χ4n) is 5.00. The van der Waals surface area contributed by atoms with Gasteiger partial charge in [-0.25, -0.2) is 9.37 Å². The Morgan fingerprint density at radius 3 is 2.81 bits per heavy atom. The molecule has 0 bridgehead atoms. The molecule has 0 fully saturated rings. The van der Waals surface area contributed by atoms with Gasteiger partial charge in [0.05, 0.1) is 30.5 Å². The average molecular weight is 525 g/mol. The van der Waals surface area contributed by atoms with E-state index in [9.17, 15) is 9.50 Å². The largest absolute Gasteiger partial charge is 0.392 e. The number of anilines is 2. The molecule has 0 amide bonds. The van der Waals surface area contributed by atoms with Crippen LogP contribution < -0.4 is 5.32 Å². The molecule has 2 N–H and O–H groups in total. The molecule has 0 spiro atoms. The number of benzene rings is 1. The predicted octanol–water partition coefficient (Wildman–Crippen LogP) is 4.65. The van der Waals surface area contributed by atoms with Crippen LogP contribution in [0, 0.1) is 12.7 Å². The molecule has 194 valence electrons. The first-order valence-electron chi connectivity index (χ1n) is 12.1. The van der Waals surface area contributed by atoms with E-state index in [0.717, 1.165) is 45.9 Å². The molecule has 8 nitrogen and oxygen atoms in total. The minimum absolute atomic E-state index is 0.0867. The number of halogens is 2. The minimum atomic E-state index is -0.309. The zero-order valence-electron chi connectivity index (χ0n) is 21.1. The maximum absolute atomic E-state index is 14.0. The van der Waals surface area contributed by atoms with Gasteiger partial charge in [0.1, 0.15) is 17.5 Å². The summed E-state index contributed by atoms with van der Waals surface area (Å²) in [4.78, 5) is 6.78. The number of hydrogen-bond donors (Lipinski definition) is 2. The van der Waals surface area contributed by atoms with Crippen LogP contribution in [-0.2, 0) is 38.0 Å². The number of fused-ring (bicyclic) bond motifs is 1. The van der Waals surface area contributed by atoms with Crippen molar-refractivity contribution in [1.82, 2.24) is 24.2 Å². The molecule has 1 aliphatic rings. The van der Waals surface area contributed by atoms with Crippen LogP contribution in [0.3, 0.4) is 0 Å². The Morgan fingerprint density at radius 2 is 2.08 bits per heavy atom. The van der Waals surface area contributed by atoms with Crippen molar-refractivity contribution in [3.63, 3.8) is 0 Å². The van der Waals surface area contributed by atoms with E-state index >= 15 is 0 Å². The smallest absolute Gasteiger partial charge is 0.135 e. The predicted molar refractivity (Wildman–Crippen MR) is 141 cm³/mol. The summed E-state index contributed by atoms with van der Waals surface area (Å²) in [5.41, 5.74) is 5.50. The third kappa shape index (κ3) is 5.13. The highest BCUT2D eigenvalue weighted by Crippen LogP contribution is 2.37. The van der Waals surface area contributed by atoms with Gasteiger partial charge in [0.15, 0.2) is 0 Å². The summed E-state index contributed by atoms with van der Waals surface area (Å²) < 4.78 is 23.5.